The molecule has 0 aliphatic heterocycles. The van der Waals surface area contributed by atoms with E-state index in [1.165, 1.54) is 0 Å². The second kappa shape index (κ2) is 5.49. The number of hydrogen-bond donors (Lipinski definition) is 0. The highest BCUT2D eigenvalue weighted by Crippen LogP contribution is 2.29. The Labute approximate surface area is 139 Å². The molecule has 0 amide bonds. The molecule has 0 heterocycles. The summed E-state index contributed by atoms with van der Waals surface area (Å²) in [5, 5.41) is 0.675. The first-order valence-electron chi connectivity index (χ1n) is 7.32. The standard InChI is InChI=1S/C20H12ClNO/c21-13-9-11-14(12-10-13)22-19-15-5-1-3-7-17(15)20(23)18-8-4-2-6-16(18)19/h1-12H. The van der Waals surface area contributed by atoms with Crippen LogP contribution >= 0.6 is 11.6 Å². The Kier molecular flexibility index (Phi) is 3.32. The molecule has 1 aliphatic rings. The molecule has 0 fully saturated rings. The van der Waals surface area contributed by atoms with Crippen molar-refractivity contribution in [3.05, 3.63) is 100 Å². The van der Waals surface area contributed by atoms with Gasteiger partial charge in [0, 0.05) is 27.3 Å². The number of halogens is 1. The van der Waals surface area contributed by atoms with Crippen molar-refractivity contribution >= 4 is 28.8 Å². The van der Waals surface area contributed by atoms with Crippen LogP contribution in [0.15, 0.2) is 77.8 Å². The number of ketones is 1. The van der Waals surface area contributed by atoms with Gasteiger partial charge in [-0.25, -0.2) is 4.99 Å². The van der Waals surface area contributed by atoms with Crippen molar-refractivity contribution in [2.24, 2.45) is 4.99 Å². The normalized spacial score (nSPS) is 12.6. The van der Waals surface area contributed by atoms with Gasteiger partial charge in [-0.1, -0.05) is 60.1 Å². The number of benzene rings is 3. The monoisotopic (exact) mass is 317 g/mol. The van der Waals surface area contributed by atoms with Gasteiger partial charge in [-0.05, 0) is 24.3 Å². The SMILES string of the molecule is O=C1c2ccccc2C(=Nc2ccc(Cl)cc2)c2ccccc21. The fourth-order valence-electron chi connectivity index (χ4n) is 2.83. The van der Waals surface area contributed by atoms with Crippen molar-refractivity contribution in [3.63, 3.8) is 0 Å². The van der Waals surface area contributed by atoms with Gasteiger partial charge in [0.1, 0.15) is 0 Å². The number of hydrogen-bond acceptors (Lipinski definition) is 2. The summed E-state index contributed by atoms with van der Waals surface area (Å²) in [7, 11) is 0. The molecule has 0 bridgehead atoms. The molecule has 0 N–H and O–H groups in total. The third-order valence-corrected chi connectivity index (χ3v) is 4.17. The van der Waals surface area contributed by atoms with Crippen LogP contribution in [0.5, 0.6) is 0 Å². The van der Waals surface area contributed by atoms with Crippen LogP contribution in [0.4, 0.5) is 5.69 Å². The summed E-state index contributed by atoms with van der Waals surface area (Å²) in [6, 6.07) is 22.6. The molecule has 1 aliphatic carbocycles. The Morgan fingerprint density at radius 2 is 1.13 bits per heavy atom. The van der Waals surface area contributed by atoms with E-state index in [4.69, 9.17) is 16.6 Å². The molecule has 4 rings (SSSR count). The fourth-order valence-corrected chi connectivity index (χ4v) is 2.96. The van der Waals surface area contributed by atoms with Crippen LogP contribution < -0.4 is 0 Å². The number of carbonyl (C=O) groups is 1. The summed E-state index contributed by atoms with van der Waals surface area (Å²) in [4.78, 5) is 17.5. The van der Waals surface area contributed by atoms with Crippen LogP contribution in [0.25, 0.3) is 0 Å². The molecule has 23 heavy (non-hydrogen) atoms. The van der Waals surface area contributed by atoms with Gasteiger partial charge in [0.25, 0.3) is 0 Å². The minimum absolute atomic E-state index is 0.0475. The molecule has 0 unspecified atom stereocenters. The third kappa shape index (κ3) is 2.37. The summed E-state index contributed by atoms with van der Waals surface area (Å²) >= 11 is 5.94. The van der Waals surface area contributed by atoms with Crippen molar-refractivity contribution in [1.82, 2.24) is 0 Å². The average molecular weight is 318 g/mol. The van der Waals surface area contributed by atoms with Crippen molar-refractivity contribution < 1.29 is 4.79 Å². The van der Waals surface area contributed by atoms with Gasteiger partial charge in [-0.2, -0.15) is 0 Å². The summed E-state index contributed by atoms with van der Waals surface area (Å²) in [5.74, 6) is 0.0475. The van der Waals surface area contributed by atoms with Gasteiger partial charge in [-0.15, -0.1) is 0 Å². The molecule has 110 valence electrons. The maximum absolute atomic E-state index is 12.7. The van der Waals surface area contributed by atoms with Gasteiger partial charge in [-0.3, -0.25) is 4.79 Å². The fraction of sp³-hybridized carbons (Fsp3) is 0. The smallest absolute Gasteiger partial charge is 0.194 e. The zero-order valence-electron chi connectivity index (χ0n) is 12.2. The minimum atomic E-state index is 0.0475. The second-order valence-corrected chi connectivity index (χ2v) is 5.79. The highest BCUT2D eigenvalue weighted by molar-refractivity contribution is 6.31. The lowest BCUT2D eigenvalue weighted by atomic mass is 9.83. The lowest BCUT2D eigenvalue weighted by Gasteiger charge is -2.20. The minimum Gasteiger partial charge on any atom is -0.289 e. The van der Waals surface area contributed by atoms with Crippen LogP contribution in [0, 0.1) is 0 Å². The number of carbonyl (C=O) groups excluding carboxylic acids is 1. The van der Waals surface area contributed by atoms with Crippen LogP contribution in [-0.2, 0) is 0 Å². The number of nitrogens with zero attached hydrogens (tertiary/aromatic N) is 1. The first-order chi connectivity index (χ1) is 11.2. The molecule has 3 heteroatoms. The van der Waals surface area contributed by atoms with Crippen molar-refractivity contribution in [2.75, 3.05) is 0 Å². The molecular formula is C20H12ClNO. The maximum atomic E-state index is 12.7. The van der Waals surface area contributed by atoms with E-state index in [1.807, 2.05) is 72.8 Å². The van der Waals surface area contributed by atoms with E-state index < -0.39 is 0 Å². The maximum Gasteiger partial charge on any atom is 0.194 e. The van der Waals surface area contributed by atoms with E-state index in [2.05, 4.69) is 0 Å². The summed E-state index contributed by atoms with van der Waals surface area (Å²) in [6.07, 6.45) is 0. The van der Waals surface area contributed by atoms with Gasteiger partial charge < -0.3 is 0 Å². The summed E-state index contributed by atoms with van der Waals surface area (Å²) < 4.78 is 0. The second-order valence-electron chi connectivity index (χ2n) is 5.36. The van der Waals surface area contributed by atoms with E-state index in [1.54, 1.807) is 0 Å². The van der Waals surface area contributed by atoms with Gasteiger partial charge in [0.05, 0.1) is 11.4 Å². The molecule has 0 radical (unpaired) electrons. The lowest BCUT2D eigenvalue weighted by molar-refractivity contribution is 0.103. The zero-order chi connectivity index (χ0) is 15.8. The first kappa shape index (κ1) is 13.9. The van der Waals surface area contributed by atoms with Crippen molar-refractivity contribution in [1.29, 1.82) is 0 Å². The van der Waals surface area contributed by atoms with Gasteiger partial charge in [0.2, 0.25) is 0 Å². The Bertz CT molecular complexity index is 890. The van der Waals surface area contributed by atoms with E-state index in [9.17, 15) is 4.79 Å². The highest BCUT2D eigenvalue weighted by atomic mass is 35.5. The molecule has 0 spiro atoms. The van der Waals surface area contributed by atoms with Gasteiger partial charge >= 0.3 is 0 Å². The zero-order valence-corrected chi connectivity index (χ0v) is 12.9. The predicted molar refractivity (Wildman–Crippen MR) is 93.1 cm³/mol. The molecular weight excluding hydrogens is 306 g/mol. The van der Waals surface area contributed by atoms with E-state index in [-0.39, 0.29) is 5.78 Å². The topological polar surface area (TPSA) is 29.4 Å². The van der Waals surface area contributed by atoms with Crippen LogP contribution in [-0.4, -0.2) is 11.5 Å². The van der Waals surface area contributed by atoms with Crippen LogP contribution in [0.2, 0.25) is 5.02 Å². The van der Waals surface area contributed by atoms with E-state index in [0.717, 1.165) is 22.5 Å². The quantitative estimate of drug-likeness (QED) is 0.483. The van der Waals surface area contributed by atoms with Gasteiger partial charge in [0.15, 0.2) is 5.78 Å². The Morgan fingerprint density at radius 3 is 1.65 bits per heavy atom. The summed E-state index contributed by atoms with van der Waals surface area (Å²) in [6.45, 7) is 0. The van der Waals surface area contributed by atoms with Crippen molar-refractivity contribution in [2.45, 2.75) is 0 Å². The van der Waals surface area contributed by atoms with E-state index in [0.29, 0.717) is 16.1 Å². The Balaban J connectivity index is 1.98. The molecule has 0 aromatic heterocycles. The third-order valence-electron chi connectivity index (χ3n) is 3.92. The van der Waals surface area contributed by atoms with E-state index >= 15 is 0 Å². The summed E-state index contributed by atoms with van der Waals surface area (Å²) in [5.41, 5.74) is 4.75. The Morgan fingerprint density at radius 1 is 0.652 bits per heavy atom. The molecule has 2 nitrogen and oxygen atoms in total. The Hall–Kier alpha value is -2.71. The number of aliphatic imine (C=N–C) groups is 1. The molecule has 3 aromatic carbocycles. The lowest BCUT2D eigenvalue weighted by Crippen LogP contribution is -2.21. The average Bonchev–Trinajstić information content (AvgIpc) is 2.60. The molecule has 3 aromatic rings. The molecule has 0 saturated carbocycles. The molecule has 0 atom stereocenters. The first-order valence-corrected chi connectivity index (χ1v) is 7.69. The number of rotatable bonds is 1. The highest BCUT2D eigenvalue weighted by Gasteiger charge is 2.27. The predicted octanol–water partition coefficient (Wildman–Crippen LogP) is 5.05. The molecule has 0 saturated heterocycles. The van der Waals surface area contributed by atoms with Crippen LogP contribution in [0.1, 0.15) is 27.0 Å². The van der Waals surface area contributed by atoms with Crippen molar-refractivity contribution in [3.8, 4) is 0 Å². The largest absolute Gasteiger partial charge is 0.289 e. The van der Waals surface area contributed by atoms with Crippen LogP contribution in [0.3, 0.4) is 0 Å². The number of fused-ring (bicyclic) bond motifs is 2.